The number of nitrogens with two attached hydrogens (primary N) is 1. The first kappa shape index (κ1) is 7.56. The highest BCUT2D eigenvalue weighted by Gasteiger charge is 2.50. The second-order valence-electron chi connectivity index (χ2n) is 4.20. The molecule has 2 atom stereocenters. The van der Waals surface area contributed by atoms with Crippen molar-refractivity contribution in [1.29, 1.82) is 0 Å². The van der Waals surface area contributed by atoms with Crippen molar-refractivity contribution in [2.45, 2.75) is 38.2 Å². The Morgan fingerprint density at radius 1 is 1.36 bits per heavy atom. The summed E-state index contributed by atoms with van der Waals surface area (Å²) in [5, 5.41) is 9.88. The van der Waals surface area contributed by atoms with E-state index in [0.29, 0.717) is 17.9 Å². The van der Waals surface area contributed by atoms with Crippen LogP contribution in [0.2, 0.25) is 0 Å². The lowest BCUT2D eigenvalue weighted by Gasteiger charge is -2.42. The van der Waals surface area contributed by atoms with Gasteiger partial charge in [0.1, 0.15) is 0 Å². The SMILES string of the molecule is NCC1CCC2(CCC2)C1O. The molecule has 2 aliphatic carbocycles. The largest absolute Gasteiger partial charge is 0.392 e. The van der Waals surface area contributed by atoms with Gasteiger partial charge in [0.2, 0.25) is 0 Å². The summed E-state index contributed by atoms with van der Waals surface area (Å²) in [6.45, 7) is 0.670. The maximum atomic E-state index is 9.88. The third-order valence-corrected chi connectivity index (χ3v) is 3.74. The van der Waals surface area contributed by atoms with Crippen LogP contribution < -0.4 is 5.73 Å². The number of aliphatic hydroxyl groups excluding tert-OH is 1. The van der Waals surface area contributed by atoms with Gasteiger partial charge < -0.3 is 10.8 Å². The monoisotopic (exact) mass is 155 g/mol. The second kappa shape index (κ2) is 2.46. The van der Waals surface area contributed by atoms with Crippen LogP contribution in [-0.4, -0.2) is 17.8 Å². The molecule has 0 radical (unpaired) electrons. The van der Waals surface area contributed by atoms with Crippen LogP contribution in [0, 0.1) is 11.3 Å². The lowest BCUT2D eigenvalue weighted by atomic mass is 9.65. The van der Waals surface area contributed by atoms with E-state index >= 15 is 0 Å². The van der Waals surface area contributed by atoms with Gasteiger partial charge in [-0.15, -0.1) is 0 Å². The molecule has 2 unspecified atom stereocenters. The predicted molar refractivity (Wildman–Crippen MR) is 44.1 cm³/mol. The van der Waals surface area contributed by atoms with Crippen molar-refractivity contribution in [3.63, 3.8) is 0 Å². The topological polar surface area (TPSA) is 46.2 Å². The Morgan fingerprint density at radius 2 is 2.09 bits per heavy atom. The molecule has 2 aliphatic rings. The fourth-order valence-electron chi connectivity index (χ4n) is 2.70. The summed E-state index contributed by atoms with van der Waals surface area (Å²) < 4.78 is 0. The van der Waals surface area contributed by atoms with Crippen LogP contribution in [0.1, 0.15) is 32.1 Å². The standard InChI is InChI=1S/C9H17NO/c10-6-7-2-5-9(8(7)11)3-1-4-9/h7-8,11H,1-6,10H2. The Hall–Kier alpha value is -0.0800. The van der Waals surface area contributed by atoms with E-state index in [-0.39, 0.29) is 6.10 Å². The van der Waals surface area contributed by atoms with Gasteiger partial charge in [-0.1, -0.05) is 6.42 Å². The predicted octanol–water partition coefficient (Wildman–Crippen LogP) is 0.886. The second-order valence-corrected chi connectivity index (χ2v) is 4.20. The van der Waals surface area contributed by atoms with Crippen molar-refractivity contribution < 1.29 is 5.11 Å². The molecule has 0 aromatic carbocycles. The van der Waals surface area contributed by atoms with Crippen molar-refractivity contribution in [3.8, 4) is 0 Å². The van der Waals surface area contributed by atoms with Crippen LogP contribution in [0.25, 0.3) is 0 Å². The quantitative estimate of drug-likeness (QED) is 0.590. The van der Waals surface area contributed by atoms with Crippen molar-refractivity contribution in [2.24, 2.45) is 17.1 Å². The van der Waals surface area contributed by atoms with Crippen molar-refractivity contribution in [1.82, 2.24) is 0 Å². The summed E-state index contributed by atoms with van der Waals surface area (Å²) >= 11 is 0. The lowest BCUT2D eigenvalue weighted by Crippen LogP contribution is -2.40. The lowest BCUT2D eigenvalue weighted by molar-refractivity contribution is -0.0268. The van der Waals surface area contributed by atoms with E-state index in [1.165, 1.54) is 25.7 Å². The number of rotatable bonds is 1. The molecule has 2 rings (SSSR count). The third kappa shape index (κ3) is 0.926. The maximum absolute atomic E-state index is 9.88. The van der Waals surface area contributed by atoms with Gasteiger partial charge in [0, 0.05) is 0 Å². The Balaban J connectivity index is 2.05. The zero-order valence-electron chi connectivity index (χ0n) is 6.92. The molecule has 2 fully saturated rings. The fourth-order valence-corrected chi connectivity index (χ4v) is 2.70. The number of hydrogen-bond donors (Lipinski definition) is 2. The molecule has 64 valence electrons. The van der Waals surface area contributed by atoms with Crippen molar-refractivity contribution in [2.75, 3.05) is 6.54 Å². The molecule has 2 heteroatoms. The summed E-state index contributed by atoms with van der Waals surface area (Å²) in [6.07, 6.45) is 6.08. The summed E-state index contributed by atoms with van der Waals surface area (Å²) in [4.78, 5) is 0. The Bertz CT molecular complexity index is 154. The average Bonchev–Trinajstić information content (AvgIpc) is 2.25. The smallest absolute Gasteiger partial charge is 0.0636 e. The molecule has 0 aromatic heterocycles. The molecule has 0 amide bonds. The Kier molecular flexibility index (Phi) is 1.69. The summed E-state index contributed by atoms with van der Waals surface area (Å²) in [5.41, 5.74) is 5.89. The first-order valence-corrected chi connectivity index (χ1v) is 4.67. The van der Waals surface area contributed by atoms with Crippen LogP contribution in [0.4, 0.5) is 0 Å². The molecular weight excluding hydrogens is 138 g/mol. The minimum Gasteiger partial charge on any atom is -0.392 e. The van der Waals surface area contributed by atoms with Gasteiger partial charge in [0.05, 0.1) is 6.10 Å². The minimum atomic E-state index is -0.0822. The van der Waals surface area contributed by atoms with E-state index in [1.54, 1.807) is 0 Å². The summed E-state index contributed by atoms with van der Waals surface area (Å²) in [6, 6.07) is 0. The normalized spacial score (nSPS) is 40.9. The van der Waals surface area contributed by atoms with Gasteiger partial charge in [-0.05, 0) is 43.6 Å². The van der Waals surface area contributed by atoms with E-state index in [1.807, 2.05) is 0 Å². The zero-order valence-corrected chi connectivity index (χ0v) is 6.92. The third-order valence-electron chi connectivity index (χ3n) is 3.74. The zero-order chi connectivity index (χ0) is 7.90. The molecule has 0 aliphatic heterocycles. The minimum absolute atomic E-state index is 0.0822. The van der Waals surface area contributed by atoms with Gasteiger partial charge in [0.25, 0.3) is 0 Å². The fraction of sp³-hybridized carbons (Fsp3) is 1.00. The van der Waals surface area contributed by atoms with Crippen LogP contribution in [-0.2, 0) is 0 Å². The van der Waals surface area contributed by atoms with E-state index in [9.17, 15) is 5.11 Å². The van der Waals surface area contributed by atoms with Gasteiger partial charge in [-0.3, -0.25) is 0 Å². The molecule has 2 saturated carbocycles. The molecule has 3 N–H and O–H groups in total. The van der Waals surface area contributed by atoms with Gasteiger partial charge in [-0.25, -0.2) is 0 Å². The van der Waals surface area contributed by atoms with E-state index < -0.39 is 0 Å². The van der Waals surface area contributed by atoms with Crippen molar-refractivity contribution in [3.05, 3.63) is 0 Å². The van der Waals surface area contributed by atoms with Crippen LogP contribution in [0.3, 0.4) is 0 Å². The highest BCUT2D eigenvalue weighted by molar-refractivity contribution is 5.01. The highest BCUT2D eigenvalue weighted by atomic mass is 16.3. The number of hydrogen-bond acceptors (Lipinski definition) is 2. The van der Waals surface area contributed by atoms with Gasteiger partial charge >= 0.3 is 0 Å². The van der Waals surface area contributed by atoms with E-state index in [0.717, 1.165) is 6.42 Å². The summed E-state index contributed by atoms with van der Waals surface area (Å²) in [7, 11) is 0. The first-order valence-electron chi connectivity index (χ1n) is 4.67. The van der Waals surface area contributed by atoms with Crippen LogP contribution in [0.5, 0.6) is 0 Å². The maximum Gasteiger partial charge on any atom is 0.0636 e. The van der Waals surface area contributed by atoms with Gasteiger partial charge in [-0.2, -0.15) is 0 Å². The Labute approximate surface area is 67.8 Å². The molecule has 0 heterocycles. The molecule has 11 heavy (non-hydrogen) atoms. The Morgan fingerprint density at radius 3 is 2.36 bits per heavy atom. The molecule has 0 saturated heterocycles. The molecule has 0 bridgehead atoms. The molecular formula is C9H17NO. The molecule has 2 nitrogen and oxygen atoms in total. The average molecular weight is 155 g/mol. The van der Waals surface area contributed by atoms with Gasteiger partial charge in [0.15, 0.2) is 0 Å². The van der Waals surface area contributed by atoms with Crippen LogP contribution >= 0.6 is 0 Å². The van der Waals surface area contributed by atoms with Crippen LogP contribution in [0.15, 0.2) is 0 Å². The van der Waals surface area contributed by atoms with E-state index in [2.05, 4.69) is 0 Å². The molecule has 0 aromatic rings. The number of aliphatic hydroxyl groups is 1. The molecule has 1 spiro atoms. The van der Waals surface area contributed by atoms with E-state index in [4.69, 9.17) is 5.73 Å². The first-order chi connectivity index (χ1) is 5.28. The highest BCUT2D eigenvalue weighted by Crippen LogP contribution is 2.54. The van der Waals surface area contributed by atoms with Crippen molar-refractivity contribution >= 4 is 0 Å². The summed E-state index contributed by atoms with van der Waals surface area (Å²) in [5.74, 6) is 0.398.